The van der Waals surface area contributed by atoms with Crippen molar-refractivity contribution >= 4 is 17.9 Å². The highest BCUT2D eigenvalue weighted by Gasteiger charge is 2.19. The summed E-state index contributed by atoms with van der Waals surface area (Å²) in [5, 5.41) is 0. The Bertz CT molecular complexity index is 889. The summed E-state index contributed by atoms with van der Waals surface area (Å²) in [5.74, 6) is 0.0457. The fourth-order valence-electron chi connectivity index (χ4n) is 8.01. The van der Waals surface area contributed by atoms with Crippen molar-refractivity contribution in [1.82, 2.24) is 0 Å². The highest BCUT2D eigenvalue weighted by Crippen LogP contribution is 2.18. The van der Waals surface area contributed by atoms with Crippen LogP contribution in [0.3, 0.4) is 0 Å². The maximum atomic E-state index is 12.7. The molecule has 0 bridgehead atoms. The van der Waals surface area contributed by atoms with Crippen LogP contribution < -0.4 is 0 Å². The largest absolute Gasteiger partial charge is 0.462 e. The van der Waals surface area contributed by atoms with E-state index in [-0.39, 0.29) is 31.1 Å². The molecule has 0 aliphatic carbocycles. The second-order valence-electron chi connectivity index (χ2n) is 18.4. The third-order valence-corrected chi connectivity index (χ3v) is 12.4. The molecule has 0 saturated carbocycles. The van der Waals surface area contributed by atoms with Crippen LogP contribution in [0.15, 0.2) is 0 Å². The predicted molar refractivity (Wildman–Crippen MR) is 252 cm³/mol. The Morgan fingerprint density at radius 2 is 0.593 bits per heavy atom. The van der Waals surface area contributed by atoms with Crippen molar-refractivity contribution in [2.24, 2.45) is 5.92 Å². The third kappa shape index (κ3) is 45.8. The van der Waals surface area contributed by atoms with Crippen molar-refractivity contribution in [2.75, 3.05) is 13.2 Å². The first-order valence-corrected chi connectivity index (χ1v) is 26.4. The molecule has 6 nitrogen and oxygen atoms in total. The molecule has 0 saturated heterocycles. The molecule has 0 aliphatic heterocycles. The molecule has 0 aromatic carbocycles. The molecule has 0 rings (SSSR count). The summed E-state index contributed by atoms with van der Waals surface area (Å²) >= 11 is 0. The van der Waals surface area contributed by atoms with Gasteiger partial charge in [-0.05, 0) is 25.2 Å². The highest BCUT2D eigenvalue weighted by molar-refractivity contribution is 5.71. The SMILES string of the molecule is CCCCCCCCCCCCCCCCCCC(=O)OC[C@H](COC(=O)CCCCCCCCCCCCCCCCC(C)CC)OC(=O)CCCCCCCCC. The van der Waals surface area contributed by atoms with E-state index in [0.29, 0.717) is 19.3 Å². The monoisotopic (exact) mass is 835 g/mol. The summed E-state index contributed by atoms with van der Waals surface area (Å²) < 4.78 is 16.8. The Balaban J connectivity index is 4.14. The number of hydrogen-bond acceptors (Lipinski definition) is 6. The van der Waals surface area contributed by atoms with E-state index in [1.807, 2.05) is 0 Å². The predicted octanol–water partition coefficient (Wildman–Crippen LogP) is 17.1. The van der Waals surface area contributed by atoms with Crippen molar-refractivity contribution in [2.45, 2.75) is 303 Å². The van der Waals surface area contributed by atoms with E-state index in [1.54, 1.807) is 0 Å². The second-order valence-corrected chi connectivity index (χ2v) is 18.4. The minimum Gasteiger partial charge on any atom is -0.462 e. The number of esters is 3. The molecule has 59 heavy (non-hydrogen) atoms. The van der Waals surface area contributed by atoms with Crippen LogP contribution in [-0.2, 0) is 28.6 Å². The molecule has 0 heterocycles. The van der Waals surface area contributed by atoms with E-state index in [4.69, 9.17) is 14.2 Å². The van der Waals surface area contributed by atoms with Crippen molar-refractivity contribution in [3.8, 4) is 0 Å². The number of hydrogen-bond donors (Lipinski definition) is 0. The van der Waals surface area contributed by atoms with Gasteiger partial charge >= 0.3 is 17.9 Å². The third-order valence-electron chi connectivity index (χ3n) is 12.4. The van der Waals surface area contributed by atoms with Crippen molar-refractivity contribution < 1.29 is 28.6 Å². The number of ether oxygens (including phenoxy) is 3. The summed E-state index contributed by atoms with van der Waals surface area (Å²) in [6.07, 6.45) is 49.5. The first-order valence-electron chi connectivity index (χ1n) is 26.4. The first-order chi connectivity index (χ1) is 28.9. The molecule has 350 valence electrons. The summed E-state index contributed by atoms with van der Waals surface area (Å²) in [7, 11) is 0. The van der Waals surface area contributed by atoms with Gasteiger partial charge in [0.25, 0.3) is 0 Å². The van der Waals surface area contributed by atoms with Crippen molar-refractivity contribution in [3.05, 3.63) is 0 Å². The van der Waals surface area contributed by atoms with Gasteiger partial charge in [0.1, 0.15) is 13.2 Å². The molecule has 0 N–H and O–H groups in total. The zero-order chi connectivity index (χ0) is 43.1. The van der Waals surface area contributed by atoms with Gasteiger partial charge in [-0.15, -0.1) is 0 Å². The first kappa shape index (κ1) is 57.4. The van der Waals surface area contributed by atoms with E-state index in [2.05, 4.69) is 27.7 Å². The summed E-state index contributed by atoms with van der Waals surface area (Å²) in [6.45, 7) is 9.04. The second kappa shape index (κ2) is 47.5. The lowest BCUT2D eigenvalue weighted by molar-refractivity contribution is -0.167. The molecule has 0 spiro atoms. The molecule has 0 aromatic rings. The van der Waals surface area contributed by atoms with Gasteiger partial charge in [0.2, 0.25) is 0 Å². The Morgan fingerprint density at radius 3 is 0.881 bits per heavy atom. The molecule has 6 heteroatoms. The van der Waals surface area contributed by atoms with Crippen LogP contribution in [0.25, 0.3) is 0 Å². The maximum Gasteiger partial charge on any atom is 0.306 e. The van der Waals surface area contributed by atoms with E-state index < -0.39 is 6.10 Å². The van der Waals surface area contributed by atoms with Crippen LogP contribution in [0.5, 0.6) is 0 Å². The van der Waals surface area contributed by atoms with Crippen molar-refractivity contribution in [3.63, 3.8) is 0 Å². The minimum absolute atomic E-state index is 0.0632. The van der Waals surface area contributed by atoms with Crippen LogP contribution in [0, 0.1) is 5.92 Å². The molecular formula is C53H102O6. The van der Waals surface area contributed by atoms with Gasteiger partial charge in [-0.1, -0.05) is 259 Å². The number of carbonyl (C=O) groups excluding carboxylic acids is 3. The van der Waals surface area contributed by atoms with Crippen LogP contribution in [-0.4, -0.2) is 37.2 Å². The Labute approximate surface area is 368 Å². The number of unbranched alkanes of at least 4 members (excludes halogenated alkanes) is 34. The van der Waals surface area contributed by atoms with E-state index in [1.165, 1.54) is 193 Å². The molecule has 2 atom stereocenters. The average Bonchev–Trinajstić information content (AvgIpc) is 3.23. The maximum absolute atomic E-state index is 12.7. The molecule has 0 aromatic heterocycles. The smallest absolute Gasteiger partial charge is 0.306 e. The van der Waals surface area contributed by atoms with Crippen LogP contribution in [0.4, 0.5) is 0 Å². The zero-order valence-electron chi connectivity index (χ0n) is 40.2. The molecule has 0 radical (unpaired) electrons. The van der Waals surface area contributed by atoms with Gasteiger partial charge in [0, 0.05) is 19.3 Å². The molecule has 0 fully saturated rings. The summed E-state index contributed by atoms with van der Waals surface area (Å²) in [4.78, 5) is 37.8. The van der Waals surface area contributed by atoms with Crippen molar-refractivity contribution in [1.29, 1.82) is 0 Å². The van der Waals surface area contributed by atoms with E-state index in [0.717, 1.165) is 63.7 Å². The quantitative estimate of drug-likeness (QED) is 0.0345. The lowest BCUT2D eigenvalue weighted by Crippen LogP contribution is -2.30. The zero-order valence-corrected chi connectivity index (χ0v) is 40.2. The molecule has 0 amide bonds. The minimum atomic E-state index is -0.759. The highest BCUT2D eigenvalue weighted by atomic mass is 16.6. The van der Waals surface area contributed by atoms with Gasteiger partial charge in [0.15, 0.2) is 6.10 Å². The topological polar surface area (TPSA) is 78.9 Å². The summed E-state index contributed by atoms with van der Waals surface area (Å²) in [5.41, 5.74) is 0. The number of rotatable bonds is 48. The van der Waals surface area contributed by atoms with Crippen LogP contribution in [0.2, 0.25) is 0 Å². The molecular weight excluding hydrogens is 733 g/mol. The van der Waals surface area contributed by atoms with Gasteiger partial charge in [-0.3, -0.25) is 14.4 Å². The van der Waals surface area contributed by atoms with E-state index >= 15 is 0 Å². The molecule has 1 unspecified atom stereocenters. The van der Waals surface area contributed by atoms with Crippen LogP contribution in [0.1, 0.15) is 297 Å². The summed E-state index contributed by atoms with van der Waals surface area (Å²) in [6, 6.07) is 0. The van der Waals surface area contributed by atoms with Gasteiger partial charge in [-0.25, -0.2) is 0 Å². The average molecular weight is 835 g/mol. The van der Waals surface area contributed by atoms with Crippen LogP contribution >= 0.6 is 0 Å². The normalized spacial score (nSPS) is 12.4. The Kier molecular flexibility index (Phi) is 46.2. The van der Waals surface area contributed by atoms with Gasteiger partial charge in [-0.2, -0.15) is 0 Å². The Morgan fingerprint density at radius 1 is 0.339 bits per heavy atom. The molecule has 0 aliphatic rings. The lowest BCUT2D eigenvalue weighted by Gasteiger charge is -2.18. The van der Waals surface area contributed by atoms with E-state index in [9.17, 15) is 14.4 Å². The standard InChI is InChI=1S/C53H102O6/c1-5-8-10-12-14-15-16-17-18-19-23-26-29-33-36-40-44-51(54)57-47-50(59-53(56)46-42-38-31-13-11-9-6-2)48-58-52(55)45-41-37-34-30-27-24-21-20-22-25-28-32-35-39-43-49(4)7-3/h49-50H,5-48H2,1-4H3/t49?,50-/m1/s1. The van der Waals surface area contributed by atoms with Gasteiger partial charge in [0.05, 0.1) is 0 Å². The fraction of sp³-hybridized carbons (Fsp3) is 0.943. The lowest BCUT2D eigenvalue weighted by atomic mass is 9.99. The Hall–Kier alpha value is -1.59. The van der Waals surface area contributed by atoms with Gasteiger partial charge < -0.3 is 14.2 Å². The number of carbonyl (C=O) groups is 3. The fourth-order valence-corrected chi connectivity index (χ4v) is 8.01.